The Morgan fingerprint density at radius 2 is 2.11 bits per heavy atom. The Morgan fingerprint density at radius 3 is 2.89 bits per heavy atom. The summed E-state index contributed by atoms with van der Waals surface area (Å²) in [6.45, 7) is 6.28. The third-order valence-electron chi connectivity index (χ3n) is 4.39. The quantitative estimate of drug-likeness (QED) is 0.808. The molecule has 96 valence electrons. The molecule has 1 saturated heterocycles. The van der Waals surface area contributed by atoms with E-state index in [1.807, 2.05) is 13.1 Å². The van der Waals surface area contributed by atoms with Gasteiger partial charge in [-0.1, -0.05) is 18.2 Å². The van der Waals surface area contributed by atoms with Gasteiger partial charge in [0.05, 0.1) is 6.67 Å². The lowest BCUT2D eigenvalue weighted by Gasteiger charge is -2.38. The molecule has 1 spiro atoms. The maximum Gasteiger partial charge on any atom is 0.0905 e. The largest absolute Gasteiger partial charge is 0.384 e. The predicted octanol–water partition coefficient (Wildman–Crippen LogP) is 2.49. The maximum atomic E-state index is 4.34. The minimum absolute atomic E-state index is 0.378. The van der Waals surface area contributed by atoms with Crippen LogP contribution in [0.5, 0.6) is 0 Å². The number of para-hydroxylation sites is 1. The zero-order valence-electron chi connectivity index (χ0n) is 11.0. The van der Waals surface area contributed by atoms with Gasteiger partial charge in [0, 0.05) is 30.7 Å². The molecule has 0 unspecified atom stereocenters. The molecule has 0 saturated carbocycles. The molecule has 3 rings (SSSR count). The van der Waals surface area contributed by atoms with Gasteiger partial charge < -0.3 is 5.32 Å². The number of aliphatic imine (C=N–C) groups is 1. The van der Waals surface area contributed by atoms with Crippen LogP contribution in [0, 0.1) is 0 Å². The van der Waals surface area contributed by atoms with Crippen LogP contribution in [0.2, 0.25) is 0 Å². The number of nitrogens with one attached hydrogen (secondary N) is 1. The van der Waals surface area contributed by atoms with Crippen molar-refractivity contribution in [2.45, 2.75) is 25.2 Å². The zero-order chi connectivity index (χ0) is 12.4. The summed E-state index contributed by atoms with van der Waals surface area (Å²) >= 11 is 0. The van der Waals surface area contributed by atoms with Crippen LogP contribution < -0.4 is 5.32 Å². The number of rotatable bonds is 2. The van der Waals surface area contributed by atoms with Gasteiger partial charge in [0.1, 0.15) is 0 Å². The van der Waals surface area contributed by atoms with Gasteiger partial charge in [0.25, 0.3) is 0 Å². The van der Waals surface area contributed by atoms with Gasteiger partial charge in [-0.2, -0.15) is 0 Å². The molecule has 3 heteroatoms. The average Bonchev–Trinajstić information content (AvgIpc) is 2.78. The normalized spacial score (nSPS) is 22.3. The van der Waals surface area contributed by atoms with Gasteiger partial charge in [0.2, 0.25) is 0 Å². The van der Waals surface area contributed by atoms with Gasteiger partial charge in [-0.3, -0.25) is 9.89 Å². The molecule has 1 fully saturated rings. The van der Waals surface area contributed by atoms with Crippen LogP contribution in [0.1, 0.15) is 25.3 Å². The smallest absolute Gasteiger partial charge is 0.0905 e. The van der Waals surface area contributed by atoms with E-state index in [-0.39, 0.29) is 0 Å². The predicted molar refractivity (Wildman–Crippen MR) is 76.4 cm³/mol. The number of likely N-dealkylation sites (tertiary alicyclic amines) is 1. The van der Waals surface area contributed by atoms with Crippen LogP contribution in [-0.2, 0) is 5.41 Å². The van der Waals surface area contributed by atoms with Crippen LogP contribution in [0.3, 0.4) is 0 Å². The molecule has 2 heterocycles. The molecule has 0 aromatic heterocycles. The van der Waals surface area contributed by atoms with E-state index in [0.717, 1.165) is 26.3 Å². The van der Waals surface area contributed by atoms with Crippen LogP contribution in [0.4, 0.5) is 5.69 Å². The van der Waals surface area contributed by atoms with E-state index in [4.69, 9.17) is 0 Å². The molecule has 1 aromatic carbocycles. The number of anilines is 1. The number of hydrogen-bond acceptors (Lipinski definition) is 3. The number of hydrogen-bond donors (Lipinski definition) is 1. The van der Waals surface area contributed by atoms with Crippen molar-refractivity contribution in [3.05, 3.63) is 29.8 Å². The Balaban J connectivity index is 1.73. The van der Waals surface area contributed by atoms with Crippen LogP contribution in [0.25, 0.3) is 0 Å². The van der Waals surface area contributed by atoms with Gasteiger partial charge in [-0.15, -0.1) is 0 Å². The monoisotopic (exact) mass is 243 g/mol. The van der Waals surface area contributed by atoms with Crippen LogP contribution in [0.15, 0.2) is 29.3 Å². The molecule has 0 bridgehead atoms. The van der Waals surface area contributed by atoms with Gasteiger partial charge >= 0.3 is 0 Å². The second-order valence-corrected chi connectivity index (χ2v) is 5.38. The minimum Gasteiger partial charge on any atom is -0.384 e. The van der Waals surface area contributed by atoms with Crippen molar-refractivity contribution < 1.29 is 0 Å². The lowest BCUT2D eigenvalue weighted by atomic mass is 9.74. The van der Waals surface area contributed by atoms with Gasteiger partial charge in [0.15, 0.2) is 0 Å². The second kappa shape index (κ2) is 4.73. The Hall–Kier alpha value is -1.35. The molecule has 1 aromatic rings. The van der Waals surface area contributed by atoms with E-state index in [2.05, 4.69) is 39.5 Å². The number of benzene rings is 1. The zero-order valence-corrected chi connectivity index (χ0v) is 11.0. The molecular formula is C15H21N3. The Morgan fingerprint density at radius 1 is 1.33 bits per heavy atom. The second-order valence-electron chi connectivity index (χ2n) is 5.38. The molecular weight excluding hydrogens is 222 g/mol. The first-order valence-corrected chi connectivity index (χ1v) is 6.84. The Bertz CT molecular complexity index is 445. The van der Waals surface area contributed by atoms with Gasteiger partial charge in [-0.05, 0) is 37.6 Å². The molecule has 3 nitrogen and oxygen atoms in total. The highest BCUT2D eigenvalue weighted by atomic mass is 15.2. The van der Waals surface area contributed by atoms with Crippen molar-refractivity contribution >= 4 is 11.9 Å². The first-order chi connectivity index (χ1) is 8.84. The summed E-state index contributed by atoms with van der Waals surface area (Å²) < 4.78 is 0. The van der Waals surface area contributed by atoms with Crippen molar-refractivity contribution in [3.63, 3.8) is 0 Å². The molecule has 2 aliphatic heterocycles. The first-order valence-electron chi connectivity index (χ1n) is 6.84. The Kier molecular flexibility index (Phi) is 3.08. The van der Waals surface area contributed by atoms with Crippen LogP contribution in [-0.4, -0.2) is 37.4 Å². The summed E-state index contributed by atoms with van der Waals surface area (Å²) in [4.78, 5) is 6.79. The highest BCUT2D eigenvalue weighted by Gasteiger charge is 2.40. The SMILES string of the molecule is C/C=N\CN1CCC2(CC1)CNc1ccccc12. The van der Waals surface area contributed by atoms with E-state index < -0.39 is 0 Å². The third kappa shape index (κ3) is 1.93. The summed E-state index contributed by atoms with van der Waals surface area (Å²) in [7, 11) is 0. The fourth-order valence-electron chi connectivity index (χ4n) is 3.23. The summed E-state index contributed by atoms with van der Waals surface area (Å²) in [5.74, 6) is 0. The van der Waals surface area contributed by atoms with E-state index in [1.165, 1.54) is 24.1 Å². The molecule has 2 aliphatic rings. The first kappa shape index (κ1) is 11.7. The highest BCUT2D eigenvalue weighted by Crippen LogP contribution is 2.43. The van der Waals surface area contributed by atoms with Crippen molar-refractivity contribution in [1.82, 2.24) is 4.90 Å². The maximum absolute atomic E-state index is 4.34. The van der Waals surface area contributed by atoms with Crippen molar-refractivity contribution in [2.24, 2.45) is 4.99 Å². The summed E-state index contributed by atoms with van der Waals surface area (Å²) in [5.41, 5.74) is 3.25. The topological polar surface area (TPSA) is 27.6 Å². The Labute approximate surface area is 109 Å². The number of piperidine rings is 1. The summed E-state index contributed by atoms with van der Waals surface area (Å²) in [6, 6.07) is 8.80. The molecule has 18 heavy (non-hydrogen) atoms. The summed E-state index contributed by atoms with van der Waals surface area (Å²) in [5, 5.41) is 3.57. The van der Waals surface area contributed by atoms with E-state index >= 15 is 0 Å². The van der Waals surface area contributed by atoms with E-state index in [1.54, 1.807) is 0 Å². The molecule has 0 amide bonds. The lowest BCUT2D eigenvalue weighted by Crippen LogP contribution is -2.43. The minimum atomic E-state index is 0.378. The van der Waals surface area contributed by atoms with Crippen molar-refractivity contribution in [3.8, 4) is 0 Å². The standard InChI is InChI=1S/C15H21N3/c1-2-16-12-18-9-7-15(8-10-18)11-17-14-6-4-3-5-13(14)15/h2-6,17H,7-12H2,1H3/b16-2-. The van der Waals surface area contributed by atoms with Crippen LogP contribution >= 0.6 is 0 Å². The molecule has 0 aliphatic carbocycles. The summed E-state index contributed by atoms with van der Waals surface area (Å²) in [6.07, 6.45) is 4.39. The van der Waals surface area contributed by atoms with E-state index in [0.29, 0.717) is 5.41 Å². The fourth-order valence-corrected chi connectivity index (χ4v) is 3.23. The molecule has 0 atom stereocenters. The highest BCUT2D eigenvalue weighted by molar-refractivity contribution is 5.60. The number of fused-ring (bicyclic) bond motifs is 2. The van der Waals surface area contributed by atoms with Gasteiger partial charge in [-0.25, -0.2) is 0 Å². The molecule has 0 radical (unpaired) electrons. The third-order valence-corrected chi connectivity index (χ3v) is 4.39. The lowest BCUT2D eigenvalue weighted by molar-refractivity contribution is 0.173. The molecule has 1 N–H and O–H groups in total. The fraction of sp³-hybridized carbons (Fsp3) is 0.533. The number of nitrogens with zero attached hydrogens (tertiary/aromatic N) is 2. The van der Waals surface area contributed by atoms with Crippen molar-refractivity contribution in [1.29, 1.82) is 0 Å². The van der Waals surface area contributed by atoms with E-state index in [9.17, 15) is 0 Å². The van der Waals surface area contributed by atoms with Crippen molar-refractivity contribution in [2.75, 3.05) is 31.6 Å². The average molecular weight is 243 g/mol.